The number of esters is 1. The van der Waals surface area contributed by atoms with Crippen LogP contribution in [0.4, 0.5) is 10.7 Å². The molecule has 13 heteroatoms. The summed E-state index contributed by atoms with van der Waals surface area (Å²) in [7, 11) is 1.29. The summed E-state index contributed by atoms with van der Waals surface area (Å²) in [5.41, 5.74) is 2.58. The van der Waals surface area contributed by atoms with Gasteiger partial charge in [-0.1, -0.05) is 48.0 Å². The largest absolute Gasteiger partial charge is 0.465 e. The number of thiophene rings is 1. The Hall–Kier alpha value is -4.91. The van der Waals surface area contributed by atoms with E-state index in [2.05, 4.69) is 16.0 Å². The van der Waals surface area contributed by atoms with Crippen molar-refractivity contribution in [3.05, 3.63) is 117 Å². The highest BCUT2D eigenvalue weighted by Crippen LogP contribution is 2.38. The normalized spacial score (nSPS) is 12.5. The lowest BCUT2D eigenvalue weighted by molar-refractivity contribution is -0.129. The standard InChI is InChI=1S/C35H31ClN4O6S2/c1-21(41)40-15-14-27-29(19-40)48-34(31(27)35(45)46-2)39-30(42)20-47-26-13-7-12-25(18-26)37-33(44)28(17-22-8-6-11-24(36)16-22)38-32(43)23-9-4-3-5-10-23/h3-13,16-18H,14-15,19-20H2,1-2H3,(H,37,44)(H,38,43)(H,39,42)/b28-17-. The third kappa shape index (κ3) is 8.71. The highest BCUT2D eigenvalue weighted by molar-refractivity contribution is 8.00. The number of hydrogen-bond acceptors (Lipinski definition) is 8. The molecule has 0 unspecified atom stereocenters. The Morgan fingerprint density at radius 3 is 2.48 bits per heavy atom. The van der Waals surface area contributed by atoms with Crippen LogP contribution in [0.2, 0.25) is 5.02 Å². The van der Waals surface area contributed by atoms with Gasteiger partial charge in [-0.3, -0.25) is 19.2 Å². The van der Waals surface area contributed by atoms with Crippen molar-refractivity contribution in [3.8, 4) is 0 Å². The summed E-state index contributed by atoms with van der Waals surface area (Å²) in [5, 5.41) is 9.23. The number of thioether (sulfide) groups is 1. The summed E-state index contributed by atoms with van der Waals surface area (Å²) in [4.78, 5) is 67.2. The molecule has 0 atom stereocenters. The Morgan fingerprint density at radius 2 is 1.75 bits per heavy atom. The Labute approximate surface area is 290 Å². The van der Waals surface area contributed by atoms with Crippen molar-refractivity contribution in [2.45, 2.75) is 24.8 Å². The van der Waals surface area contributed by atoms with Crippen LogP contribution in [0.5, 0.6) is 0 Å². The molecule has 0 spiro atoms. The lowest BCUT2D eigenvalue weighted by Gasteiger charge is -2.25. The molecule has 5 rings (SSSR count). The van der Waals surface area contributed by atoms with Crippen LogP contribution >= 0.6 is 34.7 Å². The molecule has 1 aromatic heterocycles. The zero-order valence-corrected chi connectivity index (χ0v) is 28.4. The number of amides is 4. The maximum absolute atomic E-state index is 13.4. The summed E-state index contributed by atoms with van der Waals surface area (Å²) in [5.74, 6) is -1.92. The first-order valence-electron chi connectivity index (χ1n) is 14.8. The van der Waals surface area contributed by atoms with E-state index in [4.69, 9.17) is 16.3 Å². The monoisotopic (exact) mass is 702 g/mol. The quantitative estimate of drug-likeness (QED) is 0.101. The van der Waals surface area contributed by atoms with E-state index in [1.165, 1.54) is 43.2 Å². The number of ether oxygens (including phenoxy) is 1. The summed E-state index contributed by atoms with van der Waals surface area (Å²) in [6.07, 6.45) is 2.03. The van der Waals surface area contributed by atoms with Gasteiger partial charge in [-0.25, -0.2) is 4.79 Å². The second kappa shape index (κ2) is 15.8. The van der Waals surface area contributed by atoms with Crippen LogP contribution in [-0.2, 0) is 32.1 Å². The first-order chi connectivity index (χ1) is 23.1. The fourth-order valence-electron chi connectivity index (χ4n) is 4.96. The molecule has 2 heterocycles. The maximum atomic E-state index is 13.4. The Kier molecular flexibility index (Phi) is 11.3. The first kappa shape index (κ1) is 34.4. The third-order valence-corrected chi connectivity index (χ3v) is 9.66. The molecule has 0 fully saturated rings. The minimum Gasteiger partial charge on any atom is -0.465 e. The molecule has 0 saturated carbocycles. The number of carbonyl (C=O) groups excluding carboxylic acids is 5. The number of benzene rings is 3. The third-order valence-electron chi connectivity index (χ3n) is 7.29. The van der Waals surface area contributed by atoms with Crippen LogP contribution in [0.1, 0.15) is 43.6 Å². The van der Waals surface area contributed by atoms with E-state index < -0.39 is 17.8 Å². The van der Waals surface area contributed by atoms with Crippen molar-refractivity contribution >= 4 is 81.1 Å². The number of nitrogens with one attached hydrogen (secondary N) is 3. The van der Waals surface area contributed by atoms with Gasteiger partial charge in [-0.15, -0.1) is 23.1 Å². The number of fused-ring (bicyclic) bond motifs is 1. The van der Waals surface area contributed by atoms with Gasteiger partial charge in [0.05, 0.1) is 25.0 Å². The number of carbonyl (C=O) groups is 5. The fraction of sp³-hybridized carbons (Fsp3) is 0.171. The van der Waals surface area contributed by atoms with Gasteiger partial charge in [-0.2, -0.15) is 0 Å². The number of halogens is 1. The predicted octanol–water partition coefficient (Wildman–Crippen LogP) is 6.23. The molecule has 0 aliphatic carbocycles. The number of hydrogen-bond donors (Lipinski definition) is 3. The van der Waals surface area contributed by atoms with Crippen molar-refractivity contribution in [2.75, 3.05) is 30.0 Å². The Balaban J connectivity index is 1.26. The SMILES string of the molecule is COC(=O)c1c(NC(=O)CSc2cccc(NC(=O)/C(=C/c3cccc(Cl)c3)NC(=O)c3ccccc3)c2)sc2c1CCN(C(C)=O)C2. The van der Waals surface area contributed by atoms with E-state index in [-0.39, 0.29) is 23.3 Å². The van der Waals surface area contributed by atoms with E-state index in [9.17, 15) is 24.0 Å². The van der Waals surface area contributed by atoms with E-state index >= 15 is 0 Å². The van der Waals surface area contributed by atoms with E-state index in [1.54, 1.807) is 83.8 Å². The van der Waals surface area contributed by atoms with Gasteiger partial charge in [0, 0.05) is 39.5 Å². The van der Waals surface area contributed by atoms with Crippen molar-refractivity contribution < 1.29 is 28.7 Å². The molecule has 246 valence electrons. The Bertz CT molecular complexity index is 1910. The molecule has 3 aromatic carbocycles. The molecule has 1 aliphatic rings. The second-order valence-corrected chi connectivity index (χ2v) is 13.2. The van der Waals surface area contributed by atoms with E-state index in [0.717, 1.165) is 10.4 Å². The summed E-state index contributed by atoms with van der Waals surface area (Å²) in [6.45, 7) is 2.35. The topological polar surface area (TPSA) is 134 Å². The molecule has 10 nitrogen and oxygen atoms in total. The highest BCUT2D eigenvalue weighted by Gasteiger charge is 2.30. The van der Waals surface area contributed by atoms with Crippen LogP contribution in [-0.4, -0.2) is 53.9 Å². The van der Waals surface area contributed by atoms with Gasteiger partial charge < -0.3 is 25.6 Å². The van der Waals surface area contributed by atoms with Gasteiger partial charge in [-0.05, 0) is 66.1 Å². The van der Waals surface area contributed by atoms with E-state index in [1.807, 2.05) is 0 Å². The summed E-state index contributed by atoms with van der Waals surface area (Å²) in [6, 6.07) is 22.4. The number of anilines is 2. The van der Waals surface area contributed by atoms with Gasteiger partial charge >= 0.3 is 5.97 Å². The van der Waals surface area contributed by atoms with Crippen molar-refractivity contribution in [1.29, 1.82) is 0 Å². The van der Waals surface area contributed by atoms with Crippen molar-refractivity contribution in [3.63, 3.8) is 0 Å². The highest BCUT2D eigenvalue weighted by atomic mass is 35.5. The number of nitrogens with zero attached hydrogens (tertiary/aromatic N) is 1. The van der Waals surface area contributed by atoms with Crippen LogP contribution in [0.25, 0.3) is 6.08 Å². The molecule has 0 saturated heterocycles. The van der Waals surface area contributed by atoms with Gasteiger partial charge in [0.15, 0.2) is 0 Å². The van der Waals surface area contributed by atoms with E-state index in [0.29, 0.717) is 56.8 Å². The smallest absolute Gasteiger partial charge is 0.341 e. The number of rotatable bonds is 10. The second-order valence-electron chi connectivity index (χ2n) is 10.6. The van der Waals surface area contributed by atoms with Crippen LogP contribution in [0, 0.1) is 0 Å². The minimum atomic E-state index is -0.556. The van der Waals surface area contributed by atoms with Gasteiger partial charge in [0.1, 0.15) is 10.7 Å². The predicted molar refractivity (Wildman–Crippen MR) is 188 cm³/mol. The zero-order chi connectivity index (χ0) is 34.2. The van der Waals surface area contributed by atoms with Gasteiger partial charge in [0.25, 0.3) is 11.8 Å². The van der Waals surface area contributed by atoms with Crippen LogP contribution in [0.15, 0.2) is 89.5 Å². The molecule has 3 N–H and O–H groups in total. The van der Waals surface area contributed by atoms with Crippen molar-refractivity contribution in [1.82, 2.24) is 10.2 Å². The van der Waals surface area contributed by atoms with Crippen molar-refractivity contribution in [2.24, 2.45) is 0 Å². The molecule has 0 bridgehead atoms. The maximum Gasteiger partial charge on any atom is 0.341 e. The average molecular weight is 703 g/mol. The van der Waals surface area contributed by atoms with Crippen LogP contribution in [0.3, 0.4) is 0 Å². The minimum absolute atomic E-state index is 0.00929. The summed E-state index contributed by atoms with van der Waals surface area (Å²) < 4.78 is 4.99. The lowest BCUT2D eigenvalue weighted by Crippen LogP contribution is -2.33. The summed E-state index contributed by atoms with van der Waals surface area (Å²) >= 11 is 8.65. The fourth-order valence-corrected chi connectivity index (χ4v) is 7.18. The number of methoxy groups -OCH3 is 1. The molecule has 4 aromatic rings. The first-order valence-corrected chi connectivity index (χ1v) is 17.0. The molecule has 4 amide bonds. The van der Waals surface area contributed by atoms with Crippen LogP contribution < -0.4 is 16.0 Å². The zero-order valence-electron chi connectivity index (χ0n) is 26.0. The molecule has 0 radical (unpaired) electrons. The average Bonchev–Trinajstić information content (AvgIpc) is 3.44. The molecular formula is C35H31ClN4O6S2. The molecule has 48 heavy (non-hydrogen) atoms. The Morgan fingerprint density at radius 1 is 0.979 bits per heavy atom. The molecule has 1 aliphatic heterocycles. The molecular weight excluding hydrogens is 672 g/mol. The van der Waals surface area contributed by atoms with Gasteiger partial charge in [0.2, 0.25) is 11.8 Å². The lowest BCUT2D eigenvalue weighted by atomic mass is 10.0.